The van der Waals surface area contributed by atoms with Crippen molar-refractivity contribution >= 4 is 5.97 Å². The molecule has 0 aromatic heterocycles. The molecule has 0 bridgehead atoms. The summed E-state index contributed by atoms with van der Waals surface area (Å²) in [5.41, 5.74) is 0. The fraction of sp³-hybridized carbons (Fsp3) is 0.667. The predicted octanol–water partition coefficient (Wildman–Crippen LogP) is 6.69. The Labute approximate surface area is 143 Å². The van der Waals surface area contributed by atoms with Gasteiger partial charge in [0.1, 0.15) is 0 Å². The Balaban J connectivity index is 3.36. The van der Waals surface area contributed by atoms with Crippen LogP contribution >= 0.6 is 0 Å². The summed E-state index contributed by atoms with van der Waals surface area (Å²) in [6.45, 7) is 4.02. The van der Waals surface area contributed by atoms with Gasteiger partial charge in [0, 0.05) is 0 Å². The first kappa shape index (κ1) is 21.7. The van der Waals surface area contributed by atoms with E-state index in [-0.39, 0.29) is 5.92 Å². The maximum absolute atomic E-state index is 10.7. The van der Waals surface area contributed by atoms with Gasteiger partial charge in [0.05, 0.1) is 5.92 Å². The molecule has 0 amide bonds. The highest BCUT2D eigenvalue weighted by Crippen LogP contribution is 2.11. The molecule has 0 aromatic carbocycles. The maximum atomic E-state index is 10.7. The molecule has 0 fully saturated rings. The normalized spacial score (nSPS) is 13.5. The lowest BCUT2D eigenvalue weighted by Gasteiger charge is -2.04. The molecule has 0 heterocycles. The molecule has 2 heteroatoms. The van der Waals surface area contributed by atoms with E-state index in [4.69, 9.17) is 5.11 Å². The van der Waals surface area contributed by atoms with Gasteiger partial charge >= 0.3 is 5.97 Å². The van der Waals surface area contributed by atoms with E-state index in [1.54, 1.807) is 6.92 Å². The van der Waals surface area contributed by atoms with Crippen LogP contribution in [0.5, 0.6) is 0 Å². The molecule has 0 saturated heterocycles. The third-order valence-electron chi connectivity index (χ3n) is 3.95. The van der Waals surface area contributed by atoms with Gasteiger partial charge in [0.2, 0.25) is 0 Å². The number of rotatable bonds is 15. The molecule has 0 aliphatic heterocycles. The van der Waals surface area contributed by atoms with Gasteiger partial charge in [-0.1, -0.05) is 76.0 Å². The molecule has 0 rings (SSSR count). The van der Waals surface area contributed by atoms with Gasteiger partial charge in [-0.05, 0) is 44.9 Å². The van der Waals surface area contributed by atoms with Crippen LogP contribution in [-0.2, 0) is 4.79 Å². The molecular weight excluding hydrogens is 284 g/mol. The largest absolute Gasteiger partial charge is 0.481 e. The van der Waals surface area contributed by atoms with E-state index in [9.17, 15) is 4.79 Å². The zero-order valence-corrected chi connectivity index (χ0v) is 15.2. The molecule has 0 aliphatic carbocycles. The number of carboxylic acid groups (broad SMARTS) is 1. The molecule has 1 atom stereocenters. The molecule has 132 valence electrons. The SMILES string of the molecule is CCCCCC=CC=CCCC=CCCCCCC(C)C(=O)O. The van der Waals surface area contributed by atoms with Gasteiger partial charge in [0.15, 0.2) is 0 Å². The standard InChI is InChI=1S/C21H36O2/c1-3-4-5-6-7-8-9-10-11-12-13-14-15-16-17-18-19-20(2)21(22)23/h7-10,13-14,20H,3-6,11-12,15-19H2,1-2H3,(H,22,23). The highest BCUT2D eigenvalue weighted by molar-refractivity contribution is 5.69. The van der Waals surface area contributed by atoms with Gasteiger partial charge in [-0.2, -0.15) is 0 Å². The van der Waals surface area contributed by atoms with E-state index >= 15 is 0 Å². The first-order valence-corrected chi connectivity index (χ1v) is 9.38. The molecule has 0 aliphatic rings. The minimum atomic E-state index is -0.672. The molecular formula is C21H36O2. The predicted molar refractivity (Wildman–Crippen MR) is 101 cm³/mol. The second-order valence-corrected chi connectivity index (χ2v) is 6.28. The van der Waals surface area contributed by atoms with Crippen molar-refractivity contribution in [3.05, 3.63) is 36.5 Å². The van der Waals surface area contributed by atoms with E-state index in [0.717, 1.165) is 38.5 Å². The van der Waals surface area contributed by atoms with Crippen LogP contribution in [0.3, 0.4) is 0 Å². The van der Waals surface area contributed by atoms with Crippen LogP contribution in [0.15, 0.2) is 36.5 Å². The number of aliphatic carboxylic acids is 1. The minimum absolute atomic E-state index is 0.196. The van der Waals surface area contributed by atoms with Crippen LogP contribution in [0.25, 0.3) is 0 Å². The summed E-state index contributed by atoms with van der Waals surface area (Å²) in [5, 5.41) is 8.79. The Hall–Kier alpha value is -1.31. The molecule has 23 heavy (non-hydrogen) atoms. The number of unbranched alkanes of at least 4 members (excludes halogenated alkanes) is 7. The molecule has 0 aromatic rings. The smallest absolute Gasteiger partial charge is 0.306 e. The first-order chi connectivity index (χ1) is 11.2. The Morgan fingerprint density at radius 3 is 2.09 bits per heavy atom. The van der Waals surface area contributed by atoms with Crippen molar-refractivity contribution in [2.75, 3.05) is 0 Å². The minimum Gasteiger partial charge on any atom is -0.481 e. The average Bonchev–Trinajstić information content (AvgIpc) is 2.54. The zero-order valence-electron chi connectivity index (χ0n) is 15.2. The van der Waals surface area contributed by atoms with Gasteiger partial charge in [-0.25, -0.2) is 0 Å². The highest BCUT2D eigenvalue weighted by atomic mass is 16.4. The Bertz CT molecular complexity index is 353. The Morgan fingerprint density at radius 1 is 0.826 bits per heavy atom. The van der Waals surface area contributed by atoms with E-state index in [1.165, 1.54) is 32.1 Å². The fourth-order valence-corrected chi connectivity index (χ4v) is 2.30. The van der Waals surface area contributed by atoms with Crippen molar-refractivity contribution in [1.29, 1.82) is 0 Å². The fourth-order valence-electron chi connectivity index (χ4n) is 2.30. The van der Waals surface area contributed by atoms with Gasteiger partial charge in [-0.15, -0.1) is 0 Å². The first-order valence-electron chi connectivity index (χ1n) is 9.38. The van der Waals surface area contributed by atoms with Crippen LogP contribution in [0, 0.1) is 5.92 Å². The third-order valence-corrected chi connectivity index (χ3v) is 3.95. The average molecular weight is 321 g/mol. The molecule has 1 unspecified atom stereocenters. The van der Waals surface area contributed by atoms with E-state index in [1.807, 2.05) is 0 Å². The molecule has 0 radical (unpaired) electrons. The van der Waals surface area contributed by atoms with Crippen molar-refractivity contribution in [1.82, 2.24) is 0 Å². The Kier molecular flexibility index (Phi) is 16.1. The lowest BCUT2D eigenvalue weighted by atomic mass is 10.0. The second-order valence-electron chi connectivity index (χ2n) is 6.28. The summed E-state index contributed by atoms with van der Waals surface area (Å²) in [5.74, 6) is -0.869. The van der Waals surface area contributed by atoms with Crippen molar-refractivity contribution in [3.63, 3.8) is 0 Å². The molecule has 0 spiro atoms. The number of hydrogen-bond donors (Lipinski definition) is 1. The van der Waals surface area contributed by atoms with Crippen LogP contribution in [0.1, 0.15) is 84.5 Å². The topological polar surface area (TPSA) is 37.3 Å². The van der Waals surface area contributed by atoms with Crippen LogP contribution in [-0.4, -0.2) is 11.1 Å². The number of carboxylic acids is 1. The summed E-state index contributed by atoms with van der Waals surface area (Å²) < 4.78 is 0. The zero-order chi connectivity index (χ0) is 17.2. The van der Waals surface area contributed by atoms with Crippen molar-refractivity contribution < 1.29 is 9.90 Å². The van der Waals surface area contributed by atoms with Gasteiger partial charge in [-0.3, -0.25) is 4.79 Å². The summed E-state index contributed by atoms with van der Waals surface area (Å²) in [6.07, 6.45) is 25.9. The molecule has 0 saturated carbocycles. The van der Waals surface area contributed by atoms with Crippen molar-refractivity contribution in [2.45, 2.75) is 84.5 Å². The summed E-state index contributed by atoms with van der Waals surface area (Å²) in [6, 6.07) is 0. The molecule has 2 nitrogen and oxygen atoms in total. The Morgan fingerprint density at radius 2 is 1.39 bits per heavy atom. The summed E-state index contributed by atoms with van der Waals surface area (Å²) >= 11 is 0. The van der Waals surface area contributed by atoms with Crippen LogP contribution < -0.4 is 0 Å². The van der Waals surface area contributed by atoms with Crippen LogP contribution in [0.2, 0.25) is 0 Å². The van der Waals surface area contributed by atoms with Crippen molar-refractivity contribution in [3.8, 4) is 0 Å². The maximum Gasteiger partial charge on any atom is 0.306 e. The number of carbonyl (C=O) groups is 1. The quantitative estimate of drug-likeness (QED) is 0.207. The third kappa shape index (κ3) is 16.9. The summed E-state index contributed by atoms with van der Waals surface area (Å²) in [7, 11) is 0. The van der Waals surface area contributed by atoms with Gasteiger partial charge in [0.25, 0.3) is 0 Å². The lowest BCUT2D eigenvalue weighted by molar-refractivity contribution is -0.141. The number of hydrogen-bond acceptors (Lipinski definition) is 1. The van der Waals surface area contributed by atoms with Crippen LogP contribution in [0.4, 0.5) is 0 Å². The highest BCUT2D eigenvalue weighted by Gasteiger charge is 2.08. The van der Waals surface area contributed by atoms with Crippen molar-refractivity contribution in [2.24, 2.45) is 5.92 Å². The van der Waals surface area contributed by atoms with E-state index in [2.05, 4.69) is 43.4 Å². The number of allylic oxidation sites excluding steroid dienone is 6. The van der Waals surface area contributed by atoms with Gasteiger partial charge < -0.3 is 5.11 Å². The lowest BCUT2D eigenvalue weighted by Crippen LogP contribution is -2.08. The van der Waals surface area contributed by atoms with E-state index in [0.29, 0.717) is 0 Å². The summed E-state index contributed by atoms with van der Waals surface area (Å²) in [4.78, 5) is 10.7. The molecule has 1 N–H and O–H groups in total. The monoisotopic (exact) mass is 320 g/mol. The second kappa shape index (κ2) is 17.1. The van der Waals surface area contributed by atoms with E-state index < -0.39 is 5.97 Å².